The van der Waals surface area contributed by atoms with Gasteiger partial charge in [0.15, 0.2) is 5.17 Å². The van der Waals surface area contributed by atoms with E-state index >= 15 is 0 Å². The maximum Gasteiger partial charge on any atom is 0.264 e. The van der Waals surface area contributed by atoms with Gasteiger partial charge in [0, 0.05) is 18.3 Å². The minimum absolute atomic E-state index is 0.175. The number of carbonyl (C=O) groups excluding carboxylic acids is 1. The summed E-state index contributed by atoms with van der Waals surface area (Å²) in [5.74, 6) is -0.214. The number of carbonyl (C=O) groups is 1. The fourth-order valence-electron chi connectivity index (χ4n) is 1.22. The normalized spacial score (nSPS) is 18.6. The van der Waals surface area contributed by atoms with Crippen molar-refractivity contribution in [1.82, 2.24) is 15.1 Å². The second-order valence-corrected chi connectivity index (χ2v) is 4.08. The van der Waals surface area contributed by atoms with Gasteiger partial charge in [0.2, 0.25) is 0 Å². The third-order valence-electron chi connectivity index (χ3n) is 1.94. The lowest BCUT2D eigenvalue weighted by Crippen LogP contribution is -2.18. The highest BCUT2D eigenvalue weighted by Crippen LogP contribution is 2.24. The number of nitrogens with zero attached hydrogens (tertiary/aromatic N) is 2. The number of nitrogens with one attached hydrogen (secondary N) is 2. The number of hydrogen-bond acceptors (Lipinski definition) is 4. The molecule has 5 nitrogen and oxygen atoms in total. The molecule has 15 heavy (non-hydrogen) atoms. The summed E-state index contributed by atoms with van der Waals surface area (Å²) in [4.78, 5) is 11.8. The van der Waals surface area contributed by atoms with Crippen LogP contribution in [0.2, 0.25) is 0 Å². The van der Waals surface area contributed by atoms with Crippen LogP contribution in [-0.4, -0.2) is 20.9 Å². The first-order valence-corrected chi connectivity index (χ1v) is 5.32. The van der Waals surface area contributed by atoms with E-state index in [0.29, 0.717) is 4.91 Å². The molecule has 1 aliphatic heterocycles. The van der Waals surface area contributed by atoms with Crippen molar-refractivity contribution in [3.63, 3.8) is 0 Å². The van der Waals surface area contributed by atoms with Crippen molar-refractivity contribution < 1.29 is 4.79 Å². The molecule has 0 atom stereocenters. The Bertz CT molecular complexity index is 449. The van der Waals surface area contributed by atoms with Crippen molar-refractivity contribution in [1.29, 1.82) is 5.41 Å². The van der Waals surface area contributed by atoms with Gasteiger partial charge in [0.25, 0.3) is 5.91 Å². The summed E-state index contributed by atoms with van der Waals surface area (Å²) in [6.45, 7) is 2.80. The molecule has 0 aliphatic carbocycles. The molecule has 0 radical (unpaired) electrons. The molecule has 0 unspecified atom stereocenters. The number of amides is 1. The van der Waals surface area contributed by atoms with Crippen molar-refractivity contribution in [3.8, 4) is 0 Å². The summed E-state index contributed by atoms with van der Waals surface area (Å²) >= 11 is 1.13. The van der Waals surface area contributed by atoms with Crippen LogP contribution in [0.4, 0.5) is 0 Å². The van der Waals surface area contributed by atoms with Crippen LogP contribution in [0.25, 0.3) is 6.08 Å². The number of thioether (sulfide) groups is 1. The third kappa shape index (κ3) is 2.10. The topological polar surface area (TPSA) is 70.8 Å². The Kier molecular flexibility index (Phi) is 2.59. The predicted octanol–water partition coefficient (Wildman–Crippen LogP) is 1.04. The molecular formula is C9H10N4OS. The highest BCUT2D eigenvalue weighted by atomic mass is 32.2. The van der Waals surface area contributed by atoms with Crippen LogP contribution in [-0.2, 0) is 11.3 Å². The van der Waals surface area contributed by atoms with E-state index in [-0.39, 0.29) is 11.1 Å². The first-order chi connectivity index (χ1) is 7.19. The average Bonchev–Trinajstić information content (AvgIpc) is 2.75. The largest absolute Gasteiger partial charge is 0.301 e. The Hall–Kier alpha value is -1.56. The lowest BCUT2D eigenvalue weighted by atomic mass is 10.3. The van der Waals surface area contributed by atoms with Gasteiger partial charge in [0.1, 0.15) is 0 Å². The van der Waals surface area contributed by atoms with Crippen molar-refractivity contribution in [2.45, 2.75) is 13.5 Å². The fraction of sp³-hybridized carbons (Fsp3) is 0.222. The molecule has 1 saturated heterocycles. The number of rotatable bonds is 2. The monoisotopic (exact) mass is 222 g/mol. The predicted molar refractivity (Wildman–Crippen MR) is 59.3 cm³/mol. The fourth-order valence-corrected chi connectivity index (χ4v) is 1.92. The molecule has 6 heteroatoms. The van der Waals surface area contributed by atoms with Crippen molar-refractivity contribution in [2.75, 3.05) is 0 Å². The minimum atomic E-state index is -0.214. The van der Waals surface area contributed by atoms with Crippen LogP contribution in [0.3, 0.4) is 0 Å². The zero-order valence-corrected chi connectivity index (χ0v) is 8.97. The molecule has 1 amide bonds. The van der Waals surface area contributed by atoms with E-state index in [4.69, 9.17) is 5.41 Å². The third-order valence-corrected chi connectivity index (χ3v) is 2.77. The van der Waals surface area contributed by atoms with Gasteiger partial charge in [-0.05, 0) is 24.8 Å². The van der Waals surface area contributed by atoms with Gasteiger partial charge in [-0.15, -0.1) is 0 Å². The lowest BCUT2D eigenvalue weighted by Gasteiger charge is -1.90. The van der Waals surface area contributed by atoms with Gasteiger partial charge >= 0.3 is 0 Å². The Balaban J connectivity index is 2.22. The van der Waals surface area contributed by atoms with Crippen LogP contribution < -0.4 is 5.32 Å². The maximum atomic E-state index is 11.3. The van der Waals surface area contributed by atoms with E-state index < -0.39 is 0 Å². The lowest BCUT2D eigenvalue weighted by molar-refractivity contribution is -0.115. The summed E-state index contributed by atoms with van der Waals surface area (Å²) in [6.07, 6.45) is 5.30. The zero-order valence-electron chi connectivity index (χ0n) is 8.15. The zero-order chi connectivity index (χ0) is 10.8. The molecule has 0 bridgehead atoms. The van der Waals surface area contributed by atoms with E-state index in [9.17, 15) is 4.79 Å². The summed E-state index contributed by atoms with van der Waals surface area (Å²) < 4.78 is 1.79. The molecule has 2 rings (SSSR count). The smallest absolute Gasteiger partial charge is 0.264 e. The van der Waals surface area contributed by atoms with Crippen LogP contribution in [0.1, 0.15) is 12.5 Å². The molecule has 1 aromatic rings. The van der Waals surface area contributed by atoms with Crippen LogP contribution >= 0.6 is 11.8 Å². The van der Waals surface area contributed by atoms with Crippen molar-refractivity contribution in [2.24, 2.45) is 0 Å². The van der Waals surface area contributed by atoms with Crippen molar-refractivity contribution in [3.05, 3.63) is 22.9 Å². The Morgan fingerprint density at radius 1 is 1.73 bits per heavy atom. The van der Waals surface area contributed by atoms with Gasteiger partial charge in [-0.2, -0.15) is 5.10 Å². The maximum absolute atomic E-state index is 11.3. The molecular weight excluding hydrogens is 212 g/mol. The van der Waals surface area contributed by atoms with E-state index in [1.165, 1.54) is 0 Å². The second kappa shape index (κ2) is 3.90. The standard InChI is InChI=1S/C9H10N4OS/c1-2-13-5-6(4-11-13)3-7-8(14)12-9(10)15-7/h3-5H,2H2,1H3,(H2,10,12,14). The molecule has 1 aromatic heterocycles. The Labute approximate surface area is 91.1 Å². The number of aromatic nitrogens is 2. The van der Waals surface area contributed by atoms with Crippen LogP contribution in [0.15, 0.2) is 17.3 Å². The van der Waals surface area contributed by atoms with E-state index in [2.05, 4.69) is 10.4 Å². The Morgan fingerprint density at radius 3 is 3.07 bits per heavy atom. The van der Waals surface area contributed by atoms with E-state index in [0.717, 1.165) is 23.9 Å². The van der Waals surface area contributed by atoms with Crippen LogP contribution in [0, 0.1) is 5.41 Å². The summed E-state index contributed by atoms with van der Waals surface area (Å²) in [5, 5.41) is 14.0. The average molecular weight is 222 g/mol. The summed E-state index contributed by atoms with van der Waals surface area (Å²) in [6, 6.07) is 0. The molecule has 0 spiro atoms. The Morgan fingerprint density at radius 2 is 2.53 bits per heavy atom. The molecule has 1 fully saturated rings. The second-order valence-electron chi connectivity index (χ2n) is 3.02. The van der Waals surface area contributed by atoms with E-state index in [1.54, 1.807) is 17.0 Å². The molecule has 78 valence electrons. The van der Waals surface area contributed by atoms with Gasteiger partial charge < -0.3 is 5.32 Å². The van der Waals surface area contributed by atoms with Gasteiger partial charge in [-0.3, -0.25) is 14.9 Å². The highest BCUT2D eigenvalue weighted by Gasteiger charge is 2.22. The first kappa shape index (κ1) is 9.97. The molecule has 2 heterocycles. The molecule has 0 saturated carbocycles. The molecule has 0 aromatic carbocycles. The quantitative estimate of drug-likeness (QED) is 0.734. The molecule has 2 N–H and O–H groups in total. The van der Waals surface area contributed by atoms with Gasteiger partial charge in [0.05, 0.1) is 11.1 Å². The summed E-state index contributed by atoms with van der Waals surface area (Å²) in [7, 11) is 0. The van der Waals surface area contributed by atoms with Crippen LogP contribution in [0.5, 0.6) is 0 Å². The first-order valence-electron chi connectivity index (χ1n) is 4.51. The van der Waals surface area contributed by atoms with E-state index in [1.807, 2.05) is 13.1 Å². The van der Waals surface area contributed by atoms with Gasteiger partial charge in [-0.25, -0.2) is 0 Å². The van der Waals surface area contributed by atoms with Gasteiger partial charge in [-0.1, -0.05) is 0 Å². The number of aryl methyl sites for hydroxylation is 1. The number of amidine groups is 1. The molecule has 1 aliphatic rings. The van der Waals surface area contributed by atoms with Crippen molar-refractivity contribution >= 4 is 28.9 Å². The minimum Gasteiger partial charge on any atom is -0.301 e. The summed E-state index contributed by atoms with van der Waals surface area (Å²) in [5.41, 5.74) is 0.879. The highest BCUT2D eigenvalue weighted by molar-refractivity contribution is 8.18. The SMILES string of the molecule is CCn1cc(C=C2SC(=N)NC2=O)cn1. The number of hydrogen-bond donors (Lipinski definition) is 2.